The van der Waals surface area contributed by atoms with E-state index in [1.54, 1.807) is 23.0 Å². The van der Waals surface area contributed by atoms with Crippen LogP contribution in [0.4, 0.5) is 4.39 Å². The minimum absolute atomic E-state index is 0.250. The Hall–Kier alpha value is -2.95. The van der Waals surface area contributed by atoms with Gasteiger partial charge in [0.05, 0.1) is 5.69 Å². The summed E-state index contributed by atoms with van der Waals surface area (Å²) in [6.45, 7) is 0. The van der Waals surface area contributed by atoms with Gasteiger partial charge in [0, 0.05) is 24.2 Å². The molecule has 0 spiro atoms. The molecule has 0 bridgehead atoms. The predicted molar refractivity (Wildman–Crippen MR) is 77.7 cm³/mol. The second-order valence-electron chi connectivity index (χ2n) is 4.70. The van der Waals surface area contributed by atoms with Crippen molar-refractivity contribution < 1.29 is 4.39 Å². The third-order valence-electron chi connectivity index (χ3n) is 3.35. The van der Waals surface area contributed by atoms with E-state index in [1.165, 1.54) is 12.1 Å². The van der Waals surface area contributed by atoms with E-state index >= 15 is 0 Å². The van der Waals surface area contributed by atoms with E-state index in [2.05, 4.69) is 10.1 Å². The molecule has 4 nitrogen and oxygen atoms in total. The number of imidazole rings is 1. The van der Waals surface area contributed by atoms with Gasteiger partial charge < -0.3 is 0 Å². The molecule has 5 heteroatoms. The molecule has 4 rings (SSSR count). The van der Waals surface area contributed by atoms with E-state index in [0.717, 1.165) is 22.7 Å². The molecule has 0 radical (unpaired) electrons. The molecule has 102 valence electrons. The summed E-state index contributed by atoms with van der Waals surface area (Å²) in [5.41, 5.74) is 2.50. The van der Waals surface area contributed by atoms with Crippen molar-refractivity contribution in [2.45, 2.75) is 0 Å². The smallest absolute Gasteiger partial charge is 0.139 e. The number of nitrogens with zero attached hydrogens (tertiary/aromatic N) is 4. The zero-order valence-electron chi connectivity index (χ0n) is 11.0. The maximum absolute atomic E-state index is 13.0. The molecule has 0 aliphatic carbocycles. The van der Waals surface area contributed by atoms with Crippen LogP contribution >= 0.6 is 0 Å². The zero-order chi connectivity index (χ0) is 14.2. The minimum Gasteiger partial charge on any atom is -0.284 e. The van der Waals surface area contributed by atoms with Gasteiger partial charge in [0.15, 0.2) is 0 Å². The molecule has 3 heterocycles. The van der Waals surface area contributed by atoms with Gasteiger partial charge in [-0.2, -0.15) is 5.10 Å². The van der Waals surface area contributed by atoms with Crippen LogP contribution in [-0.2, 0) is 0 Å². The lowest BCUT2D eigenvalue weighted by atomic mass is 10.2. The normalized spacial score (nSPS) is 11.1. The van der Waals surface area contributed by atoms with E-state index in [9.17, 15) is 4.39 Å². The Morgan fingerprint density at radius 2 is 1.81 bits per heavy atom. The lowest BCUT2D eigenvalue weighted by molar-refractivity contribution is 0.628. The number of rotatable bonds is 2. The Morgan fingerprint density at radius 3 is 2.57 bits per heavy atom. The van der Waals surface area contributed by atoms with Crippen molar-refractivity contribution in [1.29, 1.82) is 0 Å². The number of hydrogen-bond donors (Lipinski definition) is 0. The standard InChI is InChI=1S/C16H11FN4/c17-13-7-5-12(6-8-13)14-11-20-15(19-14)3-1-4-16(20)21-10-2-9-18-21/h1-11H. The van der Waals surface area contributed by atoms with Crippen LogP contribution in [0, 0.1) is 5.82 Å². The molecule has 21 heavy (non-hydrogen) atoms. The Bertz CT molecular complexity index is 892. The number of pyridine rings is 1. The topological polar surface area (TPSA) is 35.1 Å². The first-order valence-corrected chi connectivity index (χ1v) is 6.55. The van der Waals surface area contributed by atoms with E-state index in [4.69, 9.17) is 0 Å². The highest BCUT2D eigenvalue weighted by Gasteiger charge is 2.08. The van der Waals surface area contributed by atoms with Crippen LogP contribution in [0.1, 0.15) is 0 Å². The molecule has 0 unspecified atom stereocenters. The molecule has 0 amide bonds. The summed E-state index contributed by atoms with van der Waals surface area (Å²) in [5, 5.41) is 4.25. The lowest BCUT2D eigenvalue weighted by Gasteiger charge is -2.04. The van der Waals surface area contributed by atoms with Crippen molar-refractivity contribution in [2.24, 2.45) is 0 Å². The molecule has 3 aromatic heterocycles. The van der Waals surface area contributed by atoms with Crippen LogP contribution in [0.25, 0.3) is 22.7 Å². The average molecular weight is 278 g/mol. The summed E-state index contributed by atoms with van der Waals surface area (Å²) < 4.78 is 16.8. The van der Waals surface area contributed by atoms with Crippen molar-refractivity contribution in [3.8, 4) is 17.1 Å². The molecular weight excluding hydrogens is 267 g/mol. The van der Waals surface area contributed by atoms with E-state index < -0.39 is 0 Å². The fraction of sp³-hybridized carbons (Fsp3) is 0. The van der Waals surface area contributed by atoms with Crippen LogP contribution < -0.4 is 0 Å². The number of fused-ring (bicyclic) bond motifs is 1. The van der Waals surface area contributed by atoms with Crippen LogP contribution in [0.2, 0.25) is 0 Å². The van der Waals surface area contributed by atoms with Gasteiger partial charge in [-0.05, 0) is 42.5 Å². The van der Waals surface area contributed by atoms with Gasteiger partial charge in [-0.25, -0.2) is 14.1 Å². The fourth-order valence-electron chi connectivity index (χ4n) is 2.35. The number of halogens is 1. The average Bonchev–Trinajstić information content (AvgIpc) is 3.17. The summed E-state index contributed by atoms with van der Waals surface area (Å²) in [4.78, 5) is 4.58. The highest BCUT2D eigenvalue weighted by Crippen LogP contribution is 2.21. The van der Waals surface area contributed by atoms with Gasteiger partial charge in [-0.3, -0.25) is 4.40 Å². The molecule has 0 aliphatic heterocycles. The first-order valence-electron chi connectivity index (χ1n) is 6.55. The van der Waals surface area contributed by atoms with Crippen LogP contribution in [0.5, 0.6) is 0 Å². The lowest BCUT2D eigenvalue weighted by Crippen LogP contribution is -2.01. The molecule has 0 aliphatic rings. The van der Waals surface area contributed by atoms with Gasteiger partial charge in [0.1, 0.15) is 17.3 Å². The van der Waals surface area contributed by atoms with Gasteiger partial charge in [-0.15, -0.1) is 0 Å². The van der Waals surface area contributed by atoms with Crippen molar-refractivity contribution in [3.05, 3.63) is 72.9 Å². The fourth-order valence-corrected chi connectivity index (χ4v) is 2.35. The summed E-state index contributed by atoms with van der Waals surface area (Å²) in [7, 11) is 0. The Labute approximate surface area is 120 Å². The number of benzene rings is 1. The van der Waals surface area contributed by atoms with Crippen molar-refractivity contribution in [1.82, 2.24) is 19.2 Å². The zero-order valence-corrected chi connectivity index (χ0v) is 11.0. The van der Waals surface area contributed by atoms with Gasteiger partial charge in [0.2, 0.25) is 0 Å². The quantitative estimate of drug-likeness (QED) is 0.564. The Balaban J connectivity index is 1.90. The first kappa shape index (κ1) is 11.8. The molecular formula is C16H11FN4. The van der Waals surface area contributed by atoms with Crippen molar-refractivity contribution >= 4 is 5.65 Å². The summed E-state index contributed by atoms with van der Waals surface area (Å²) >= 11 is 0. The molecule has 0 saturated heterocycles. The van der Waals surface area contributed by atoms with Gasteiger partial charge in [0.25, 0.3) is 0 Å². The molecule has 0 saturated carbocycles. The summed E-state index contributed by atoms with van der Waals surface area (Å²) in [5.74, 6) is 0.651. The summed E-state index contributed by atoms with van der Waals surface area (Å²) in [6.07, 6.45) is 5.54. The predicted octanol–water partition coefficient (Wildman–Crippen LogP) is 3.33. The SMILES string of the molecule is Fc1ccc(-c2cn3c(-n4cccn4)cccc3n2)cc1. The second-order valence-corrected chi connectivity index (χ2v) is 4.70. The molecule has 0 N–H and O–H groups in total. The third kappa shape index (κ3) is 1.99. The van der Waals surface area contributed by atoms with Gasteiger partial charge in [-0.1, -0.05) is 6.07 Å². The van der Waals surface area contributed by atoms with Crippen LogP contribution in [-0.4, -0.2) is 19.2 Å². The van der Waals surface area contributed by atoms with E-state index in [1.807, 2.05) is 41.1 Å². The second kappa shape index (κ2) is 4.56. The molecule has 0 fully saturated rings. The maximum Gasteiger partial charge on any atom is 0.139 e. The van der Waals surface area contributed by atoms with Crippen LogP contribution in [0.3, 0.4) is 0 Å². The third-order valence-corrected chi connectivity index (χ3v) is 3.35. The largest absolute Gasteiger partial charge is 0.284 e. The van der Waals surface area contributed by atoms with E-state index in [-0.39, 0.29) is 5.82 Å². The van der Waals surface area contributed by atoms with Crippen molar-refractivity contribution in [2.75, 3.05) is 0 Å². The minimum atomic E-state index is -0.250. The summed E-state index contributed by atoms with van der Waals surface area (Å²) in [6, 6.07) is 14.0. The molecule has 4 aromatic rings. The Kier molecular flexibility index (Phi) is 2.57. The monoisotopic (exact) mass is 278 g/mol. The molecule has 1 aromatic carbocycles. The first-order chi connectivity index (χ1) is 10.3. The molecule has 0 atom stereocenters. The van der Waals surface area contributed by atoms with Crippen molar-refractivity contribution in [3.63, 3.8) is 0 Å². The highest BCUT2D eigenvalue weighted by atomic mass is 19.1. The Morgan fingerprint density at radius 1 is 0.952 bits per heavy atom. The number of aromatic nitrogens is 4. The highest BCUT2D eigenvalue weighted by molar-refractivity contribution is 5.63. The van der Waals surface area contributed by atoms with E-state index in [0.29, 0.717) is 0 Å². The van der Waals surface area contributed by atoms with Gasteiger partial charge >= 0.3 is 0 Å². The maximum atomic E-state index is 13.0. The van der Waals surface area contributed by atoms with Crippen LogP contribution in [0.15, 0.2) is 67.1 Å². The number of hydrogen-bond acceptors (Lipinski definition) is 2.